The van der Waals surface area contributed by atoms with Gasteiger partial charge < -0.3 is 15.4 Å². The van der Waals surface area contributed by atoms with Crippen LogP contribution in [0.3, 0.4) is 0 Å². The molecule has 3 aromatic carbocycles. The first-order chi connectivity index (χ1) is 19.4. The lowest BCUT2D eigenvalue weighted by Crippen LogP contribution is -2.42. The zero-order valence-corrected chi connectivity index (χ0v) is 22.1. The molecule has 2 amide bonds. The highest BCUT2D eigenvalue weighted by Gasteiger charge is 2.34. The van der Waals surface area contributed by atoms with Gasteiger partial charge in [0, 0.05) is 34.6 Å². The average molecular weight is 560 g/mol. The number of aryl methyl sites for hydroxylation is 1. The zero-order chi connectivity index (χ0) is 27.8. The molecule has 2 aliphatic rings. The molecule has 2 N–H and O–H groups in total. The fraction of sp³-hybridized carbons (Fsp3) is 0.172. The molecule has 4 aromatic rings. The fourth-order valence-corrected chi connectivity index (χ4v) is 5.18. The van der Waals surface area contributed by atoms with Crippen molar-refractivity contribution < 1.29 is 23.1 Å². The van der Waals surface area contributed by atoms with E-state index in [0.717, 1.165) is 4.90 Å². The summed E-state index contributed by atoms with van der Waals surface area (Å²) >= 11 is 1.39. The monoisotopic (exact) mass is 559 g/mol. The van der Waals surface area contributed by atoms with Crippen molar-refractivity contribution >= 4 is 35.0 Å². The van der Waals surface area contributed by atoms with Crippen molar-refractivity contribution in [3.63, 3.8) is 0 Å². The molecule has 1 aromatic heterocycles. The second kappa shape index (κ2) is 10.6. The van der Waals surface area contributed by atoms with Gasteiger partial charge in [0.15, 0.2) is 0 Å². The molecule has 11 heteroatoms. The van der Waals surface area contributed by atoms with Gasteiger partial charge in [-0.05, 0) is 30.5 Å². The van der Waals surface area contributed by atoms with Crippen molar-refractivity contribution in [1.82, 2.24) is 15.1 Å². The molecule has 8 nitrogen and oxygen atoms in total. The van der Waals surface area contributed by atoms with Crippen LogP contribution in [-0.2, 0) is 11.3 Å². The Kier molecular flexibility index (Phi) is 6.81. The molecule has 0 saturated carbocycles. The van der Waals surface area contributed by atoms with Gasteiger partial charge in [0.1, 0.15) is 22.9 Å². The summed E-state index contributed by atoms with van der Waals surface area (Å²) < 4.78 is 37.3. The second-order valence-electron chi connectivity index (χ2n) is 9.17. The minimum absolute atomic E-state index is 0.00676. The van der Waals surface area contributed by atoms with Gasteiger partial charge >= 0.3 is 0 Å². The largest absolute Gasteiger partial charge is 0.477 e. The number of aromatic nitrogens is 2. The topological polar surface area (TPSA) is 97.6 Å². The van der Waals surface area contributed by atoms with Crippen molar-refractivity contribution in [2.24, 2.45) is 4.99 Å². The number of thioether (sulfide) groups is 1. The molecule has 0 fully saturated rings. The molecule has 0 bridgehead atoms. The number of rotatable bonds is 5. The predicted octanol–water partition coefficient (Wildman–Crippen LogP) is 4.88. The Morgan fingerprint density at radius 1 is 1.07 bits per heavy atom. The van der Waals surface area contributed by atoms with Crippen LogP contribution in [0, 0.1) is 11.6 Å². The normalized spacial score (nSPS) is 16.1. The summed E-state index contributed by atoms with van der Waals surface area (Å²) in [5.74, 6) is -2.45. The van der Waals surface area contributed by atoms with E-state index in [0.29, 0.717) is 36.4 Å². The fourth-order valence-electron chi connectivity index (χ4n) is 4.75. The van der Waals surface area contributed by atoms with Gasteiger partial charge in [-0.3, -0.25) is 9.59 Å². The van der Waals surface area contributed by atoms with Crippen LogP contribution >= 0.6 is 11.8 Å². The summed E-state index contributed by atoms with van der Waals surface area (Å²) in [4.78, 5) is 32.4. The molecule has 0 unspecified atom stereocenters. The number of amides is 2. The highest BCUT2D eigenvalue weighted by Crippen LogP contribution is 2.35. The Bertz CT molecular complexity index is 1670. The van der Waals surface area contributed by atoms with Crippen LogP contribution < -0.4 is 15.4 Å². The first kappa shape index (κ1) is 25.8. The molecule has 0 saturated heterocycles. The Hall–Kier alpha value is -4.51. The van der Waals surface area contributed by atoms with Crippen molar-refractivity contribution in [2.45, 2.75) is 24.0 Å². The first-order valence-electron chi connectivity index (χ1n) is 12.6. The van der Waals surface area contributed by atoms with Crippen LogP contribution in [0.4, 0.5) is 14.5 Å². The van der Waals surface area contributed by atoms with Crippen molar-refractivity contribution in [3.05, 3.63) is 95.1 Å². The number of carbonyl (C=O) groups is 2. The lowest BCUT2D eigenvalue weighted by atomic mass is 10.0. The van der Waals surface area contributed by atoms with Crippen LogP contribution in [0.5, 0.6) is 5.88 Å². The third-order valence-corrected chi connectivity index (χ3v) is 7.38. The number of hydrogen-bond acceptors (Lipinski definition) is 6. The molecule has 0 spiro atoms. The SMILES string of the molecule is CSc1ccc(-c2nn3c(c2C(=O)N[C@H]2N=C(c4ccccc4)c4cccc(F)c4NC2=O)OCCC3)c(F)c1. The molecular formula is C29H23F2N5O3S. The van der Waals surface area contributed by atoms with E-state index in [1.165, 1.54) is 34.6 Å². The number of aliphatic imine (C=N–C) groups is 1. The maximum atomic E-state index is 15.2. The summed E-state index contributed by atoms with van der Waals surface area (Å²) in [5, 5.41) is 9.70. The summed E-state index contributed by atoms with van der Waals surface area (Å²) in [6.07, 6.45) is 1.08. The Morgan fingerprint density at radius 2 is 1.90 bits per heavy atom. The number of fused-ring (bicyclic) bond motifs is 2. The number of nitrogens with zero attached hydrogens (tertiary/aromatic N) is 3. The van der Waals surface area contributed by atoms with E-state index in [-0.39, 0.29) is 28.4 Å². The van der Waals surface area contributed by atoms with Crippen LogP contribution in [0.2, 0.25) is 0 Å². The van der Waals surface area contributed by atoms with Crippen LogP contribution in [-0.4, -0.2) is 46.3 Å². The summed E-state index contributed by atoms with van der Waals surface area (Å²) in [6.45, 7) is 0.836. The second-order valence-corrected chi connectivity index (χ2v) is 10.1. The maximum absolute atomic E-state index is 15.2. The molecule has 1 atom stereocenters. The standard InChI is InChI=1S/C29H23F2N5O3S/c1-40-17-11-12-18(21(31)15-17)25-22(29-36(35-25)13-6-14-39-29)27(37)34-26-28(38)33-24-19(9-5-10-20(24)30)23(32-26)16-7-3-2-4-8-16/h2-5,7-12,15,26H,6,13-14H2,1H3,(H,33,38)(H,34,37)/t26-/m1/s1. The van der Waals surface area contributed by atoms with Crippen LogP contribution in [0.15, 0.2) is 76.6 Å². The summed E-state index contributed by atoms with van der Waals surface area (Å²) in [6, 6.07) is 18.1. The highest BCUT2D eigenvalue weighted by atomic mass is 32.2. The lowest BCUT2D eigenvalue weighted by Gasteiger charge is -2.17. The number of para-hydroxylation sites is 1. The molecular weight excluding hydrogens is 536 g/mol. The van der Waals surface area contributed by atoms with E-state index in [1.807, 2.05) is 12.3 Å². The highest BCUT2D eigenvalue weighted by molar-refractivity contribution is 7.98. The molecule has 3 heterocycles. The number of anilines is 1. The Labute approximate surface area is 232 Å². The minimum Gasteiger partial charge on any atom is -0.477 e. The third-order valence-electron chi connectivity index (χ3n) is 6.66. The summed E-state index contributed by atoms with van der Waals surface area (Å²) in [7, 11) is 0. The molecule has 202 valence electrons. The van der Waals surface area contributed by atoms with E-state index in [1.54, 1.807) is 42.5 Å². The number of carbonyl (C=O) groups excluding carboxylic acids is 2. The van der Waals surface area contributed by atoms with Crippen molar-refractivity contribution in [1.29, 1.82) is 0 Å². The molecule has 0 aliphatic carbocycles. The molecule has 40 heavy (non-hydrogen) atoms. The maximum Gasteiger partial charge on any atom is 0.269 e. The van der Waals surface area contributed by atoms with Gasteiger partial charge in [-0.25, -0.2) is 18.5 Å². The third kappa shape index (κ3) is 4.62. The van der Waals surface area contributed by atoms with Gasteiger partial charge in [-0.15, -0.1) is 11.8 Å². The number of nitrogens with one attached hydrogen (secondary N) is 2. The van der Waals surface area contributed by atoms with Crippen LogP contribution in [0.25, 0.3) is 11.3 Å². The van der Waals surface area contributed by atoms with E-state index in [9.17, 15) is 14.0 Å². The number of hydrogen-bond donors (Lipinski definition) is 2. The molecule has 2 aliphatic heterocycles. The van der Waals surface area contributed by atoms with E-state index < -0.39 is 29.6 Å². The van der Waals surface area contributed by atoms with Crippen molar-refractivity contribution in [2.75, 3.05) is 18.2 Å². The van der Waals surface area contributed by atoms with Crippen molar-refractivity contribution in [3.8, 4) is 17.1 Å². The molecule has 0 radical (unpaired) electrons. The predicted molar refractivity (Wildman–Crippen MR) is 148 cm³/mol. The van der Waals surface area contributed by atoms with Gasteiger partial charge in [-0.1, -0.05) is 42.5 Å². The zero-order valence-electron chi connectivity index (χ0n) is 21.3. The van der Waals surface area contributed by atoms with Gasteiger partial charge in [0.25, 0.3) is 11.8 Å². The van der Waals surface area contributed by atoms with Gasteiger partial charge in [-0.2, -0.15) is 5.10 Å². The summed E-state index contributed by atoms with van der Waals surface area (Å²) in [5.41, 5.74) is 1.51. The minimum atomic E-state index is -1.43. The Balaban J connectivity index is 1.43. The van der Waals surface area contributed by atoms with Gasteiger partial charge in [0.2, 0.25) is 12.0 Å². The van der Waals surface area contributed by atoms with E-state index in [4.69, 9.17) is 4.74 Å². The quantitative estimate of drug-likeness (QED) is 0.340. The number of benzodiazepines with no additional fused rings is 1. The lowest BCUT2D eigenvalue weighted by molar-refractivity contribution is -0.117. The number of ether oxygens (including phenoxy) is 1. The van der Waals surface area contributed by atoms with E-state index in [2.05, 4.69) is 20.7 Å². The van der Waals surface area contributed by atoms with Gasteiger partial charge in [0.05, 0.1) is 18.0 Å². The molecule has 6 rings (SSSR count). The Morgan fingerprint density at radius 3 is 2.67 bits per heavy atom. The van der Waals surface area contributed by atoms with Crippen LogP contribution in [0.1, 0.15) is 27.9 Å². The average Bonchev–Trinajstić information content (AvgIpc) is 3.29. The number of benzene rings is 3. The smallest absolute Gasteiger partial charge is 0.269 e. The first-order valence-corrected chi connectivity index (χ1v) is 13.8. The van der Waals surface area contributed by atoms with E-state index >= 15 is 4.39 Å². The number of halogens is 2.